The van der Waals surface area contributed by atoms with E-state index in [9.17, 15) is 0 Å². The molecule has 0 radical (unpaired) electrons. The number of hydrogen-bond donors (Lipinski definition) is 1. The van der Waals surface area contributed by atoms with Crippen LogP contribution in [0.4, 0.5) is 0 Å². The number of benzene rings is 1. The van der Waals surface area contributed by atoms with E-state index in [-0.39, 0.29) is 0 Å². The summed E-state index contributed by atoms with van der Waals surface area (Å²) in [5, 5.41) is 4.81. The Morgan fingerprint density at radius 2 is 1.85 bits per heavy atom. The van der Waals surface area contributed by atoms with Crippen molar-refractivity contribution in [2.45, 2.75) is 44.1 Å². The van der Waals surface area contributed by atoms with Crippen LogP contribution in [0.15, 0.2) is 28.8 Å². The molecule has 1 saturated carbocycles. The van der Waals surface area contributed by atoms with Crippen LogP contribution in [-0.4, -0.2) is 10.1 Å². The van der Waals surface area contributed by atoms with Crippen molar-refractivity contribution in [2.24, 2.45) is 5.73 Å². The summed E-state index contributed by atoms with van der Waals surface area (Å²) in [7, 11) is 0. The fraction of sp³-hybridized carbons (Fsp3) is 0.467. The zero-order chi connectivity index (χ0) is 14.0. The first-order valence-corrected chi connectivity index (χ1v) is 7.40. The van der Waals surface area contributed by atoms with Crippen molar-refractivity contribution in [3.8, 4) is 0 Å². The first-order chi connectivity index (χ1) is 9.66. The quantitative estimate of drug-likeness (QED) is 0.941. The highest BCUT2D eigenvalue weighted by Crippen LogP contribution is 2.33. The topological polar surface area (TPSA) is 64.9 Å². The zero-order valence-corrected chi connectivity index (χ0v) is 12.1. The SMILES string of the molecule is NC1(c2noc(Cc3ccc(Cl)cc3)n2)CCCCC1. The number of nitrogens with zero attached hydrogens (tertiary/aromatic N) is 2. The number of halogens is 1. The largest absolute Gasteiger partial charge is 0.339 e. The Morgan fingerprint density at radius 3 is 2.55 bits per heavy atom. The third kappa shape index (κ3) is 2.86. The van der Waals surface area contributed by atoms with Crippen LogP contribution in [0.2, 0.25) is 5.02 Å². The minimum absolute atomic E-state index is 0.403. The summed E-state index contributed by atoms with van der Waals surface area (Å²) in [6, 6.07) is 7.65. The maximum atomic E-state index is 6.40. The average molecular weight is 292 g/mol. The fourth-order valence-electron chi connectivity index (χ4n) is 2.71. The molecule has 0 saturated heterocycles. The highest BCUT2D eigenvalue weighted by atomic mass is 35.5. The van der Waals surface area contributed by atoms with Crippen molar-refractivity contribution in [1.29, 1.82) is 0 Å². The molecule has 0 aliphatic heterocycles. The van der Waals surface area contributed by atoms with Crippen molar-refractivity contribution < 1.29 is 4.52 Å². The van der Waals surface area contributed by atoms with Crippen LogP contribution in [-0.2, 0) is 12.0 Å². The van der Waals surface area contributed by atoms with E-state index in [4.69, 9.17) is 21.9 Å². The molecule has 0 bridgehead atoms. The molecule has 0 atom stereocenters. The van der Waals surface area contributed by atoms with Crippen molar-refractivity contribution in [3.63, 3.8) is 0 Å². The lowest BCUT2D eigenvalue weighted by Crippen LogP contribution is -2.39. The number of aromatic nitrogens is 2. The Morgan fingerprint density at radius 1 is 1.15 bits per heavy atom. The Kier molecular flexibility index (Phi) is 3.76. The van der Waals surface area contributed by atoms with Gasteiger partial charge < -0.3 is 10.3 Å². The Labute approximate surface area is 123 Å². The van der Waals surface area contributed by atoms with E-state index in [1.54, 1.807) is 0 Å². The van der Waals surface area contributed by atoms with Gasteiger partial charge in [0.05, 0.1) is 12.0 Å². The highest BCUT2D eigenvalue weighted by molar-refractivity contribution is 6.30. The molecule has 1 aromatic carbocycles. The number of rotatable bonds is 3. The minimum atomic E-state index is -0.403. The average Bonchev–Trinajstić information content (AvgIpc) is 2.92. The summed E-state index contributed by atoms with van der Waals surface area (Å²) in [5.74, 6) is 1.26. The van der Waals surface area contributed by atoms with E-state index in [1.807, 2.05) is 24.3 Å². The van der Waals surface area contributed by atoms with Gasteiger partial charge in [0.15, 0.2) is 5.82 Å². The van der Waals surface area contributed by atoms with E-state index in [2.05, 4.69) is 10.1 Å². The molecule has 3 rings (SSSR count). The minimum Gasteiger partial charge on any atom is -0.339 e. The molecule has 4 nitrogen and oxygen atoms in total. The summed E-state index contributed by atoms with van der Waals surface area (Å²) in [4.78, 5) is 4.49. The van der Waals surface area contributed by atoms with Gasteiger partial charge in [-0.3, -0.25) is 0 Å². The van der Waals surface area contributed by atoms with Crippen LogP contribution in [0, 0.1) is 0 Å². The lowest BCUT2D eigenvalue weighted by Gasteiger charge is -2.29. The lowest BCUT2D eigenvalue weighted by molar-refractivity contribution is 0.273. The molecule has 2 N–H and O–H groups in total. The zero-order valence-electron chi connectivity index (χ0n) is 11.3. The van der Waals surface area contributed by atoms with Gasteiger partial charge in [-0.2, -0.15) is 4.98 Å². The van der Waals surface area contributed by atoms with Gasteiger partial charge >= 0.3 is 0 Å². The molecule has 1 aliphatic rings. The van der Waals surface area contributed by atoms with Crippen LogP contribution in [0.1, 0.15) is 49.4 Å². The van der Waals surface area contributed by atoms with E-state index >= 15 is 0 Å². The van der Waals surface area contributed by atoms with Crippen molar-refractivity contribution in [2.75, 3.05) is 0 Å². The standard InChI is InChI=1S/C15H18ClN3O/c16-12-6-4-11(5-7-12)10-13-18-14(19-20-13)15(17)8-2-1-3-9-15/h4-7H,1-3,8-10,17H2. The molecule has 0 unspecified atom stereocenters. The number of nitrogens with two attached hydrogens (primary N) is 1. The summed E-state index contributed by atoms with van der Waals surface area (Å²) in [5.41, 5.74) is 7.10. The predicted octanol–water partition coefficient (Wildman–Crippen LogP) is 3.43. The summed E-state index contributed by atoms with van der Waals surface area (Å²) in [6.45, 7) is 0. The Hall–Kier alpha value is -1.39. The van der Waals surface area contributed by atoms with Gasteiger partial charge in [0.1, 0.15) is 0 Å². The molecular weight excluding hydrogens is 274 g/mol. The van der Waals surface area contributed by atoms with Crippen molar-refractivity contribution in [1.82, 2.24) is 10.1 Å². The second-order valence-electron chi connectivity index (χ2n) is 5.53. The van der Waals surface area contributed by atoms with Crippen LogP contribution < -0.4 is 5.73 Å². The van der Waals surface area contributed by atoms with Crippen LogP contribution in [0.5, 0.6) is 0 Å². The van der Waals surface area contributed by atoms with E-state index in [0.29, 0.717) is 18.1 Å². The van der Waals surface area contributed by atoms with Gasteiger partial charge in [-0.05, 0) is 30.5 Å². The summed E-state index contributed by atoms with van der Waals surface area (Å²) in [6.07, 6.45) is 6.00. The fourth-order valence-corrected chi connectivity index (χ4v) is 2.84. The molecule has 106 valence electrons. The van der Waals surface area contributed by atoms with Gasteiger partial charge in [0.25, 0.3) is 0 Å². The molecule has 5 heteroatoms. The van der Waals surface area contributed by atoms with Gasteiger partial charge in [-0.1, -0.05) is 48.2 Å². The third-order valence-electron chi connectivity index (χ3n) is 3.93. The van der Waals surface area contributed by atoms with Crippen LogP contribution >= 0.6 is 11.6 Å². The van der Waals surface area contributed by atoms with E-state index in [1.165, 1.54) is 6.42 Å². The first-order valence-electron chi connectivity index (χ1n) is 7.02. The van der Waals surface area contributed by atoms with Crippen LogP contribution in [0.25, 0.3) is 0 Å². The summed E-state index contributed by atoms with van der Waals surface area (Å²) < 4.78 is 5.34. The van der Waals surface area contributed by atoms with E-state index < -0.39 is 5.54 Å². The van der Waals surface area contributed by atoms with Gasteiger partial charge in [0, 0.05) is 5.02 Å². The monoisotopic (exact) mass is 291 g/mol. The van der Waals surface area contributed by atoms with Crippen molar-refractivity contribution >= 4 is 11.6 Å². The van der Waals surface area contributed by atoms with Gasteiger partial charge in [-0.15, -0.1) is 0 Å². The van der Waals surface area contributed by atoms with E-state index in [0.717, 1.165) is 36.3 Å². The second-order valence-corrected chi connectivity index (χ2v) is 5.97. The third-order valence-corrected chi connectivity index (χ3v) is 4.18. The molecule has 1 heterocycles. The molecule has 0 spiro atoms. The predicted molar refractivity (Wildman–Crippen MR) is 77.5 cm³/mol. The molecule has 20 heavy (non-hydrogen) atoms. The molecule has 0 amide bonds. The Balaban J connectivity index is 1.74. The van der Waals surface area contributed by atoms with Gasteiger partial charge in [-0.25, -0.2) is 0 Å². The molecule has 2 aromatic rings. The molecule has 1 aromatic heterocycles. The second kappa shape index (κ2) is 5.54. The molecule has 1 aliphatic carbocycles. The first kappa shape index (κ1) is 13.6. The summed E-state index contributed by atoms with van der Waals surface area (Å²) >= 11 is 5.87. The maximum Gasteiger partial charge on any atom is 0.231 e. The van der Waals surface area contributed by atoms with Crippen LogP contribution in [0.3, 0.4) is 0 Å². The molecule has 1 fully saturated rings. The Bertz CT molecular complexity index is 573. The van der Waals surface area contributed by atoms with Gasteiger partial charge in [0.2, 0.25) is 5.89 Å². The lowest BCUT2D eigenvalue weighted by atomic mass is 9.82. The van der Waals surface area contributed by atoms with Crippen molar-refractivity contribution in [3.05, 3.63) is 46.6 Å². The highest BCUT2D eigenvalue weighted by Gasteiger charge is 2.34. The number of hydrogen-bond acceptors (Lipinski definition) is 4. The normalized spacial score (nSPS) is 18.1. The molecular formula is C15H18ClN3O. The smallest absolute Gasteiger partial charge is 0.231 e. The maximum absolute atomic E-state index is 6.40.